The minimum atomic E-state index is 0.727. The van der Waals surface area contributed by atoms with Crippen LogP contribution in [0.5, 0.6) is 11.5 Å². The van der Waals surface area contributed by atoms with Gasteiger partial charge in [-0.1, -0.05) is 24.3 Å². The topological polar surface area (TPSA) is 69.6 Å². The number of benzene rings is 4. The molecule has 0 aliphatic carbocycles. The van der Waals surface area contributed by atoms with Crippen molar-refractivity contribution in [2.45, 2.75) is 13.8 Å². The third kappa shape index (κ3) is 3.48. The lowest BCUT2D eigenvalue weighted by atomic mass is 9.94. The molecule has 0 aliphatic heterocycles. The molecule has 0 fully saturated rings. The Balaban J connectivity index is 1.21. The van der Waals surface area contributed by atoms with E-state index < -0.39 is 0 Å². The maximum absolute atomic E-state index is 6.49. The zero-order valence-electron chi connectivity index (χ0n) is 23.5. The summed E-state index contributed by atoms with van der Waals surface area (Å²) in [6.07, 6.45) is 11.0. The van der Waals surface area contributed by atoms with E-state index in [0.717, 1.165) is 60.9 Å². The average Bonchev–Trinajstić information content (AvgIpc) is 3.72. The van der Waals surface area contributed by atoms with Crippen molar-refractivity contribution in [1.29, 1.82) is 0 Å². The lowest BCUT2D eigenvalue weighted by Gasteiger charge is -2.14. The third-order valence-corrected chi connectivity index (χ3v) is 8.51. The quantitative estimate of drug-likeness (QED) is 0.204. The SMILES string of the molecule is Cc1cccc(C)c1-c1ccc2c(c1)c1ccc(Oc3ccc4c5cncnc5n5ccnc5c4c3)cc1c1nccn21. The summed E-state index contributed by atoms with van der Waals surface area (Å²) in [6.45, 7) is 4.35. The van der Waals surface area contributed by atoms with Gasteiger partial charge < -0.3 is 4.74 Å². The van der Waals surface area contributed by atoms with Gasteiger partial charge in [0.05, 0.1) is 5.52 Å². The fraction of sp³-hybridized carbons (Fsp3) is 0.0556. The summed E-state index contributed by atoms with van der Waals surface area (Å²) in [5.41, 5.74) is 8.72. The van der Waals surface area contributed by atoms with Crippen LogP contribution >= 0.6 is 0 Å². The Bertz CT molecular complexity index is 2560. The number of pyridine rings is 2. The van der Waals surface area contributed by atoms with E-state index in [1.165, 1.54) is 27.6 Å². The van der Waals surface area contributed by atoms with Crippen molar-refractivity contribution in [3.05, 3.63) is 121 Å². The molecule has 43 heavy (non-hydrogen) atoms. The number of rotatable bonds is 3. The van der Waals surface area contributed by atoms with Crippen molar-refractivity contribution in [2.24, 2.45) is 0 Å². The molecule has 0 unspecified atom stereocenters. The number of ether oxygens (including phenoxy) is 1. The van der Waals surface area contributed by atoms with E-state index in [4.69, 9.17) is 9.72 Å². The highest BCUT2D eigenvalue weighted by molar-refractivity contribution is 6.13. The fourth-order valence-electron chi connectivity index (χ4n) is 6.61. The maximum Gasteiger partial charge on any atom is 0.149 e. The van der Waals surface area contributed by atoms with Gasteiger partial charge >= 0.3 is 0 Å². The van der Waals surface area contributed by atoms with E-state index >= 15 is 0 Å². The van der Waals surface area contributed by atoms with Gasteiger partial charge in [0.2, 0.25) is 0 Å². The molecule has 0 bridgehead atoms. The molecule has 0 spiro atoms. The smallest absolute Gasteiger partial charge is 0.149 e. The number of fused-ring (bicyclic) bond motifs is 12. The number of hydrogen-bond donors (Lipinski definition) is 0. The van der Waals surface area contributed by atoms with Crippen LogP contribution in [0.1, 0.15) is 11.1 Å². The van der Waals surface area contributed by atoms with E-state index in [2.05, 4.69) is 87.8 Å². The van der Waals surface area contributed by atoms with Gasteiger partial charge in [-0.3, -0.25) is 8.80 Å². The highest BCUT2D eigenvalue weighted by atomic mass is 16.5. The first-order chi connectivity index (χ1) is 21.1. The summed E-state index contributed by atoms with van der Waals surface area (Å²) in [5, 5.41) is 6.32. The summed E-state index contributed by atoms with van der Waals surface area (Å²) in [7, 11) is 0. The molecular formula is C36H24N6O. The number of aryl methyl sites for hydroxylation is 2. The minimum Gasteiger partial charge on any atom is -0.457 e. The van der Waals surface area contributed by atoms with E-state index in [0.29, 0.717) is 0 Å². The summed E-state index contributed by atoms with van der Waals surface area (Å²) < 4.78 is 10.6. The minimum absolute atomic E-state index is 0.727. The lowest BCUT2D eigenvalue weighted by Crippen LogP contribution is -1.95. The zero-order chi connectivity index (χ0) is 28.7. The average molecular weight is 557 g/mol. The van der Waals surface area contributed by atoms with Crippen LogP contribution in [0.4, 0.5) is 0 Å². The first-order valence-electron chi connectivity index (χ1n) is 14.2. The Morgan fingerprint density at radius 3 is 1.98 bits per heavy atom. The molecule has 0 atom stereocenters. The van der Waals surface area contributed by atoms with Crippen molar-refractivity contribution in [2.75, 3.05) is 0 Å². The van der Waals surface area contributed by atoms with E-state index in [1.54, 1.807) is 12.5 Å². The van der Waals surface area contributed by atoms with Crippen LogP contribution in [0.15, 0.2) is 110 Å². The second kappa shape index (κ2) is 8.84. The number of nitrogens with zero attached hydrogens (tertiary/aromatic N) is 6. The van der Waals surface area contributed by atoms with Gasteiger partial charge in [-0.2, -0.15) is 0 Å². The van der Waals surface area contributed by atoms with E-state index in [1.807, 2.05) is 47.4 Å². The normalized spacial score (nSPS) is 12.0. The van der Waals surface area contributed by atoms with Gasteiger partial charge in [-0.25, -0.2) is 19.9 Å². The van der Waals surface area contributed by atoms with Crippen LogP contribution in [0, 0.1) is 13.8 Å². The molecule has 9 aromatic rings. The van der Waals surface area contributed by atoms with Crippen molar-refractivity contribution >= 4 is 54.8 Å². The first kappa shape index (κ1) is 23.8. The molecule has 9 rings (SSSR count). The molecule has 7 nitrogen and oxygen atoms in total. The molecule has 5 heterocycles. The molecule has 5 aromatic heterocycles. The van der Waals surface area contributed by atoms with Crippen molar-refractivity contribution in [3.8, 4) is 22.6 Å². The lowest BCUT2D eigenvalue weighted by molar-refractivity contribution is 0.484. The van der Waals surface area contributed by atoms with E-state index in [9.17, 15) is 0 Å². The molecular weight excluding hydrogens is 532 g/mol. The first-order valence-corrected chi connectivity index (χ1v) is 14.2. The monoisotopic (exact) mass is 556 g/mol. The van der Waals surface area contributed by atoms with Crippen LogP contribution in [-0.2, 0) is 0 Å². The standard InChI is InChI=1S/C36H24N6O/c1-21-4-3-5-22(2)33(21)23-6-11-32-28(16-23)26-9-7-24(17-29(26)34-38-12-14-41(32)34)43-25-8-10-27-30(18-25)35-39-13-15-42(35)36-31(27)19-37-20-40-36/h3-20H,1-2H3. The van der Waals surface area contributed by atoms with Gasteiger partial charge in [0.15, 0.2) is 0 Å². The second-order valence-electron chi connectivity index (χ2n) is 11.0. The molecule has 0 saturated carbocycles. The molecule has 0 amide bonds. The largest absolute Gasteiger partial charge is 0.457 e. The van der Waals surface area contributed by atoms with Gasteiger partial charge in [-0.15, -0.1) is 0 Å². The molecule has 7 heteroatoms. The summed E-state index contributed by atoms with van der Waals surface area (Å²) in [5.74, 6) is 1.47. The molecule has 0 N–H and O–H groups in total. The van der Waals surface area contributed by atoms with Gasteiger partial charge in [-0.05, 0) is 95.4 Å². The summed E-state index contributed by atoms with van der Waals surface area (Å²) in [4.78, 5) is 18.1. The number of aromatic nitrogens is 6. The third-order valence-electron chi connectivity index (χ3n) is 8.51. The van der Waals surface area contributed by atoms with Crippen molar-refractivity contribution in [3.63, 3.8) is 0 Å². The van der Waals surface area contributed by atoms with Gasteiger partial charge in [0.1, 0.15) is 34.8 Å². The Kier molecular flexibility index (Phi) is 4.90. The van der Waals surface area contributed by atoms with Gasteiger partial charge in [0, 0.05) is 52.5 Å². The molecule has 204 valence electrons. The van der Waals surface area contributed by atoms with Crippen LogP contribution in [-0.4, -0.2) is 28.7 Å². The van der Waals surface area contributed by atoms with Crippen LogP contribution in [0.2, 0.25) is 0 Å². The van der Waals surface area contributed by atoms with Gasteiger partial charge in [0.25, 0.3) is 0 Å². The van der Waals surface area contributed by atoms with Crippen LogP contribution in [0.3, 0.4) is 0 Å². The molecule has 0 radical (unpaired) electrons. The predicted molar refractivity (Wildman–Crippen MR) is 171 cm³/mol. The highest BCUT2D eigenvalue weighted by Gasteiger charge is 2.15. The van der Waals surface area contributed by atoms with E-state index in [-0.39, 0.29) is 0 Å². The molecule has 4 aromatic carbocycles. The van der Waals surface area contributed by atoms with Crippen LogP contribution in [0.25, 0.3) is 65.9 Å². The van der Waals surface area contributed by atoms with Crippen LogP contribution < -0.4 is 4.74 Å². The fourth-order valence-corrected chi connectivity index (χ4v) is 6.61. The molecule has 0 aliphatic rings. The Morgan fingerprint density at radius 2 is 1.23 bits per heavy atom. The Morgan fingerprint density at radius 1 is 0.581 bits per heavy atom. The number of imidazole rings is 2. The zero-order valence-corrected chi connectivity index (χ0v) is 23.5. The number of hydrogen-bond acceptors (Lipinski definition) is 5. The highest BCUT2D eigenvalue weighted by Crippen LogP contribution is 2.37. The molecule has 0 saturated heterocycles. The second-order valence-corrected chi connectivity index (χ2v) is 11.0. The Labute approximate surface area is 245 Å². The maximum atomic E-state index is 6.49. The summed E-state index contributed by atoms with van der Waals surface area (Å²) >= 11 is 0. The Hall–Kier alpha value is -5.82. The van der Waals surface area contributed by atoms with Crippen molar-refractivity contribution < 1.29 is 4.74 Å². The van der Waals surface area contributed by atoms with Crippen molar-refractivity contribution in [1.82, 2.24) is 28.7 Å². The predicted octanol–water partition coefficient (Wildman–Crippen LogP) is 8.46. The summed E-state index contributed by atoms with van der Waals surface area (Å²) in [6, 6.07) is 25.5.